The first-order valence-corrected chi connectivity index (χ1v) is 7.43. The van der Waals surface area contributed by atoms with Gasteiger partial charge in [-0.1, -0.05) is 12.1 Å². The van der Waals surface area contributed by atoms with Gasteiger partial charge in [0, 0.05) is 12.1 Å². The fourth-order valence-electron chi connectivity index (χ4n) is 2.93. The Balaban J connectivity index is 1.64. The van der Waals surface area contributed by atoms with E-state index in [0.29, 0.717) is 5.78 Å². The molecule has 0 fully saturated rings. The molecule has 0 spiro atoms. The van der Waals surface area contributed by atoms with Crippen LogP contribution in [0.5, 0.6) is 5.75 Å². The summed E-state index contributed by atoms with van der Waals surface area (Å²) < 4.78 is 6.99. The minimum Gasteiger partial charge on any atom is -0.497 e. The number of aryl methyl sites for hydroxylation is 1. The molecule has 0 aliphatic heterocycles. The Hall–Kier alpha value is -2.63. The predicted octanol–water partition coefficient (Wildman–Crippen LogP) is 2.23. The zero-order valence-electron chi connectivity index (χ0n) is 12.4. The number of anilines is 1. The largest absolute Gasteiger partial charge is 0.497 e. The standard InChI is InChI=1S/C16H17N5O/c1-22-12-7-5-11(6-8-12)9-17-15-13-3-2-4-14(13)20-16-18-10-19-21(15)16/h5-8,10,17H,2-4,9H2,1H3. The van der Waals surface area contributed by atoms with Crippen LogP contribution in [0.15, 0.2) is 30.6 Å². The number of rotatable bonds is 4. The van der Waals surface area contributed by atoms with E-state index in [-0.39, 0.29) is 0 Å². The molecule has 0 amide bonds. The molecule has 2 aromatic heterocycles. The Labute approximate surface area is 128 Å². The quantitative estimate of drug-likeness (QED) is 0.799. The summed E-state index contributed by atoms with van der Waals surface area (Å²) in [5, 5.41) is 7.80. The molecule has 6 heteroatoms. The van der Waals surface area contributed by atoms with E-state index in [0.717, 1.165) is 43.1 Å². The minimum atomic E-state index is 0.665. The number of hydrogen-bond donors (Lipinski definition) is 1. The average Bonchev–Trinajstić information content (AvgIpc) is 3.20. The van der Waals surface area contributed by atoms with Crippen molar-refractivity contribution in [3.8, 4) is 5.75 Å². The third-order valence-corrected chi connectivity index (χ3v) is 4.07. The lowest BCUT2D eigenvalue weighted by Gasteiger charge is -2.12. The molecular formula is C16H17N5O. The number of benzene rings is 1. The van der Waals surface area contributed by atoms with Crippen LogP contribution in [0.3, 0.4) is 0 Å². The van der Waals surface area contributed by atoms with Crippen LogP contribution in [-0.2, 0) is 19.4 Å². The van der Waals surface area contributed by atoms with Crippen molar-refractivity contribution in [1.82, 2.24) is 19.6 Å². The molecule has 2 heterocycles. The van der Waals surface area contributed by atoms with Crippen molar-refractivity contribution in [2.24, 2.45) is 0 Å². The Morgan fingerprint density at radius 2 is 2.09 bits per heavy atom. The Morgan fingerprint density at radius 1 is 1.23 bits per heavy atom. The first kappa shape index (κ1) is 13.1. The number of methoxy groups -OCH3 is 1. The second-order valence-corrected chi connectivity index (χ2v) is 5.41. The first-order chi connectivity index (χ1) is 10.8. The summed E-state index contributed by atoms with van der Waals surface area (Å²) in [6.45, 7) is 0.732. The molecule has 0 radical (unpaired) electrons. The smallest absolute Gasteiger partial charge is 0.254 e. The lowest BCUT2D eigenvalue weighted by Crippen LogP contribution is -2.10. The summed E-state index contributed by atoms with van der Waals surface area (Å²) in [5.74, 6) is 2.55. The van der Waals surface area contributed by atoms with Gasteiger partial charge in [-0.2, -0.15) is 14.6 Å². The number of nitrogens with one attached hydrogen (secondary N) is 1. The predicted molar refractivity (Wildman–Crippen MR) is 83.1 cm³/mol. The molecule has 0 bridgehead atoms. The lowest BCUT2D eigenvalue weighted by molar-refractivity contribution is 0.414. The molecule has 4 rings (SSSR count). The van der Waals surface area contributed by atoms with Gasteiger partial charge >= 0.3 is 0 Å². The minimum absolute atomic E-state index is 0.665. The van der Waals surface area contributed by atoms with E-state index in [9.17, 15) is 0 Å². The molecule has 6 nitrogen and oxygen atoms in total. The van der Waals surface area contributed by atoms with Crippen LogP contribution in [0, 0.1) is 0 Å². The number of fused-ring (bicyclic) bond motifs is 2. The Bertz CT molecular complexity index is 809. The zero-order valence-corrected chi connectivity index (χ0v) is 12.4. The lowest BCUT2D eigenvalue weighted by atomic mass is 10.2. The fourth-order valence-corrected chi connectivity index (χ4v) is 2.93. The van der Waals surface area contributed by atoms with E-state index in [1.807, 2.05) is 12.1 Å². The third-order valence-electron chi connectivity index (χ3n) is 4.07. The van der Waals surface area contributed by atoms with Crippen LogP contribution in [0.25, 0.3) is 5.78 Å². The van der Waals surface area contributed by atoms with Gasteiger partial charge < -0.3 is 10.1 Å². The molecule has 0 atom stereocenters. The summed E-state index contributed by atoms with van der Waals surface area (Å²) in [7, 11) is 1.68. The zero-order chi connectivity index (χ0) is 14.9. The third kappa shape index (κ3) is 2.16. The Kier molecular flexibility index (Phi) is 3.14. The molecule has 1 aliphatic rings. The van der Waals surface area contributed by atoms with E-state index >= 15 is 0 Å². The van der Waals surface area contributed by atoms with Gasteiger partial charge in [-0.25, -0.2) is 4.98 Å². The summed E-state index contributed by atoms with van der Waals surface area (Å²) in [5.41, 5.74) is 3.61. The highest BCUT2D eigenvalue weighted by atomic mass is 16.5. The molecule has 0 unspecified atom stereocenters. The number of aromatic nitrogens is 4. The van der Waals surface area contributed by atoms with Crippen molar-refractivity contribution in [3.05, 3.63) is 47.4 Å². The molecule has 0 saturated carbocycles. The van der Waals surface area contributed by atoms with E-state index < -0.39 is 0 Å². The normalized spacial score (nSPS) is 13.3. The van der Waals surface area contributed by atoms with Crippen molar-refractivity contribution in [3.63, 3.8) is 0 Å². The maximum absolute atomic E-state index is 5.19. The van der Waals surface area contributed by atoms with Gasteiger partial charge in [0.1, 0.15) is 17.9 Å². The van der Waals surface area contributed by atoms with Crippen LogP contribution >= 0.6 is 0 Å². The average molecular weight is 295 g/mol. The Morgan fingerprint density at radius 3 is 2.91 bits per heavy atom. The maximum Gasteiger partial charge on any atom is 0.254 e. The molecule has 112 valence electrons. The second-order valence-electron chi connectivity index (χ2n) is 5.41. The van der Waals surface area contributed by atoms with Crippen LogP contribution in [0.1, 0.15) is 23.2 Å². The van der Waals surface area contributed by atoms with Gasteiger partial charge in [-0.05, 0) is 37.0 Å². The molecule has 1 N–H and O–H groups in total. The van der Waals surface area contributed by atoms with Crippen molar-refractivity contribution in [2.45, 2.75) is 25.8 Å². The summed E-state index contributed by atoms with van der Waals surface area (Å²) in [6.07, 6.45) is 4.77. The molecule has 1 aromatic carbocycles. The van der Waals surface area contributed by atoms with Crippen LogP contribution in [-0.4, -0.2) is 26.7 Å². The summed E-state index contributed by atoms with van der Waals surface area (Å²) in [6, 6.07) is 8.07. The molecule has 22 heavy (non-hydrogen) atoms. The van der Waals surface area contributed by atoms with E-state index in [1.165, 1.54) is 11.1 Å². The highest BCUT2D eigenvalue weighted by Gasteiger charge is 2.20. The van der Waals surface area contributed by atoms with Crippen LogP contribution < -0.4 is 10.1 Å². The van der Waals surface area contributed by atoms with Crippen LogP contribution in [0.2, 0.25) is 0 Å². The van der Waals surface area contributed by atoms with Crippen molar-refractivity contribution in [2.75, 3.05) is 12.4 Å². The first-order valence-electron chi connectivity index (χ1n) is 7.43. The number of hydrogen-bond acceptors (Lipinski definition) is 5. The number of nitrogens with zero attached hydrogens (tertiary/aromatic N) is 4. The van der Waals surface area contributed by atoms with Crippen LogP contribution in [0.4, 0.5) is 5.82 Å². The van der Waals surface area contributed by atoms with Crippen molar-refractivity contribution >= 4 is 11.6 Å². The van der Waals surface area contributed by atoms with Gasteiger partial charge in [0.2, 0.25) is 0 Å². The topological polar surface area (TPSA) is 64.3 Å². The van der Waals surface area contributed by atoms with E-state index in [1.54, 1.807) is 18.0 Å². The summed E-state index contributed by atoms with van der Waals surface area (Å²) >= 11 is 0. The van der Waals surface area contributed by atoms with Gasteiger partial charge in [0.25, 0.3) is 5.78 Å². The maximum atomic E-state index is 5.19. The van der Waals surface area contributed by atoms with E-state index in [4.69, 9.17) is 4.74 Å². The van der Waals surface area contributed by atoms with Crippen molar-refractivity contribution in [1.29, 1.82) is 0 Å². The SMILES string of the molecule is COc1ccc(CNc2c3c(nc4ncnn24)CCC3)cc1. The molecule has 3 aromatic rings. The monoisotopic (exact) mass is 295 g/mol. The molecular weight excluding hydrogens is 278 g/mol. The fraction of sp³-hybridized carbons (Fsp3) is 0.312. The molecule has 0 saturated heterocycles. The van der Waals surface area contributed by atoms with E-state index in [2.05, 4.69) is 32.5 Å². The second kappa shape index (κ2) is 5.29. The van der Waals surface area contributed by atoms with Crippen molar-refractivity contribution < 1.29 is 4.74 Å². The highest BCUT2D eigenvalue weighted by molar-refractivity contribution is 5.54. The molecule has 1 aliphatic carbocycles. The van der Waals surface area contributed by atoms with Gasteiger partial charge in [-0.15, -0.1) is 0 Å². The number of ether oxygens (including phenoxy) is 1. The van der Waals surface area contributed by atoms with Gasteiger partial charge in [0.15, 0.2) is 0 Å². The highest BCUT2D eigenvalue weighted by Crippen LogP contribution is 2.28. The van der Waals surface area contributed by atoms with Gasteiger partial charge in [0.05, 0.1) is 12.8 Å². The van der Waals surface area contributed by atoms with Gasteiger partial charge in [-0.3, -0.25) is 0 Å². The summed E-state index contributed by atoms with van der Waals surface area (Å²) in [4.78, 5) is 8.81.